The van der Waals surface area contributed by atoms with Crippen molar-refractivity contribution in [3.63, 3.8) is 0 Å². The van der Waals surface area contributed by atoms with E-state index in [-0.39, 0.29) is 12.4 Å². The fourth-order valence-corrected chi connectivity index (χ4v) is 2.37. The van der Waals surface area contributed by atoms with Gasteiger partial charge in [-0.05, 0) is 0 Å². The van der Waals surface area contributed by atoms with Crippen LogP contribution < -0.4 is 10.0 Å². The van der Waals surface area contributed by atoms with Crippen molar-refractivity contribution < 1.29 is 8.42 Å². The molecule has 0 aromatic rings. The molecule has 0 atom stereocenters. The molecule has 0 spiro atoms. The Hall–Kier alpha value is 0.120. The van der Waals surface area contributed by atoms with Gasteiger partial charge in [0.15, 0.2) is 0 Å². The maximum Gasteiger partial charge on any atom is 0.279 e. The number of hydrogen-bond donors (Lipinski definition) is 2. The van der Waals surface area contributed by atoms with Crippen LogP contribution in [0, 0.1) is 0 Å². The van der Waals surface area contributed by atoms with Crippen LogP contribution in [0.15, 0.2) is 0 Å². The number of halogens is 1. The molecular weight excluding hydrogens is 214 g/mol. The second-order valence-electron chi connectivity index (χ2n) is 2.65. The first-order chi connectivity index (χ1) is 5.67. The van der Waals surface area contributed by atoms with E-state index in [9.17, 15) is 8.42 Å². The largest absolute Gasteiger partial charge is 0.314 e. The number of nitrogens with one attached hydrogen (secondary N) is 2. The summed E-state index contributed by atoms with van der Waals surface area (Å²) in [6.07, 6.45) is 0. The van der Waals surface area contributed by atoms with Crippen molar-refractivity contribution in [1.29, 1.82) is 0 Å². The predicted molar refractivity (Wildman–Crippen MR) is 54.3 cm³/mol. The Morgan fingerprint density at radius 1 is 1.38 bits per heavy atom. The van der Waals surface area contributed by atoms with Crippen LogP contribution in [0.4, 0.5) is 0 Å². The molecule has 0 aromatic heterocycles. The van der Waals surface area contributed by atoms with Gasteiger partial charge in [0.2, 0.25) is 0 Å². The lowest BCUT2D eigenvalue weighted by molar-refractivity contribution is 0.355. The molecule has 0 aromatic carbocycles. The zero-order valence-electron chi connectivity index (χ0n) is 7.62. The van der Waals surface area contributed by atoms with E-state index < -0.39 is 10.2 Å². The summed E-state index contributed by atoms with van der Waals surface area (Å²) >= 11 is 0. The third kappa shape index (κ3) is 3.78. The van der Waals surface area contributed by atoms with Gasteiger partial charge in [0.25, 0.3) is 10.2 Å². The Bertz CT molecular complexity index is 226. The van der Waals surface area contributed by atoms with Gasteiger partial charge < -0.3 is 5.32 Å². The molecule has 2 N–H and O–H groups in total. The molecule has 1 aliphatic heterocycles. The first-order valence-electron chi connectivity index (χ1n) is 4.12. The van der Waals surface area contributed by atoms with Crippen molar-refractivity contribution in [1.82, 2.24) is 14.3 Å². The standard InChI is InChI=1S/C6H15N3O2S.ClH/c1-2-8-12(10,11)9-5-3-7-4-6-9;/h7-8H,2-6H2,1H3;1H. The van der Waals surface area contributed by atoms with E-state index in [1.54, 1.807) is 6.92 Å². The van der Waals surface area contributed by atoms with Crippen LogP contribution in [0.2, 0.25) is 0 Å². The molecule has 1 aliphatic rings. The van der Waals surface area contributed by atoms with Gasteiger partial charge in [0, 0.05) is 32.7 Å². The van der Waals surface area contributed by atoms with Crippen molar-refractivity contribution in [3.05, 3.63) is 0 Å². The minimum absolute atomic E-state index is 0. The maximum atomic E-state index is 11.4. The summed E-state index contributed by atoms with van der Waals surface area (Å²) in [5.74, 6) is 0. The SMILES string of the molecule is CCNS(=O)(=O)N1CCNCC1.Cl. The van der Waals surface area contributed by atoms with Crippen LogP contribution in [0.1, 0.15) is 6.92 Å². The molecule has 5 nitrogen and oxygen atoms in total. The smallest absolute Gasteiger partial charge is 0.279 e. The number of hydrogen-bond acceptors (Lipinski definition) is 3. The lowest BCUT2D eigenvalue weighted by Crippen LogP contribution is -2.50. The topological polar surface area (TPSA) is 61.4 Å². The molecular formula is C6H16ClN3O2S. The molecule has 0 aliphatic carbocycles. The van der Waals surface area contributed by atoms with E-state index in [1.165, 1.54) is 4.31 Å². The van der Waals surface area contributed by atoms with Crippen molar-refractivity contribution in [2.45, 2.75) is 6.92 Å². The first kappa shape index (κ1) is 13.1. The summed E-state index contributed by atoms with van der Waals surface area (Å²) in [6.45, 7) is 4.84. The summed E-state index contributed by atoms with van der Waals surface area (Å²) in [7, 11) is -3.19. The van der Waals surface area contributed by atoms with Gasteiger partial charge >= 0.3 is 0 Å². The Morgan fingerprint density at radius 3 is 2.38 bits per heavy atom. The second kappa shape index (κ2) is 5.77. The van der Waals surface area contributed by atoms with Gasteiger partial charge in [-0.3, -0.25) is 0 Å². The molecule has 13 heavy (non-hydrogen) atoms. The van der Waals surface area contributed by atoms with Crippen LogP contribution in [0.5, 0.6) is 0 Å². The highest BCUT2D eigenvalue weighted by molar-refractivity contribution is 7.87. The van der Waals surface area contributed by atoms with E-state index >= 15 is 0 Å². The fourth-order valence-electron chi connectivity index (χ4n) is 1.16. The summed E-state index contributed by atoms with van der Waals surface area (Å²) in [5, 5.41) is 3.10. The Kier molecular flexibility index (Phi) is 5.82. The lowest BCUT2D eigenvalue weighted by atomic mass is 10.4. The average molecular weight is 230 g/mol. The van der Waals surface area contributed by atoms with Crippen LogP contribution in [0.3, 0.4) is 0 Å². The molecule has 0 amide bonds. The Balaban J connectivity index is 0.00000144. The van der Waals surface area contributed by atoms with E-state index in [0.29, 0.717) is 19.6 Å². The van der Waals surface area contributed by atoms with E-state index in [2.05, 4.69) is 10.0 Å². The van der Waals surface area contributed by atoms with Crippen molar-refractivity contribution in [3.8, 4) is 0 Å². The van der Waals surface area contributed by atoms with E-state index in [1.807, 2.05) is 0 Å². The zero-order valence-corrected chi connectivity index (χ0v) is 9.25. The average Bonchev–Trinajstić information content (AvgIpc) is 2.06. The molecule has 1 fully saturated rings. The molecule has 1 saturated heterocycles. The third-order valence-electron chi connectivity index (χ3n) is 1.74. The summed E-state index contributed by atoms with van der Waals surface area (Å²) in [5.41, 5.74) is 0. The zero-order chi connectivity index (χ0) is 9.03. The van der Waals surface area contributed by atoms with Crippen molar-refractivity contribution >= 4 is 22.6 Å². The lowest BCUT2D eigenvalue weighted by Gasteiger charge is -2.26. The van der Waals surface area contributed by atoms with Gasteiger partial charge in [-0.25, -0.2) is 4.72 Å². The van der Waals surface area contributed by atoms with Gasteiger partial charge in [-0.1, -0.05) is 6.92 Å². The van der Waals surface area contributed by atoms with Crippen LogP contribution in [-0.4, -0.2) is 45.4 Å². The molecule has 0 saturated carbocycles. The first-order valence-corrected chi connectivity index (χ1v) is 5.56. The molecule has 1 heterocycles. The number of piperazine rings is 1. The van der Waals surface area contributed by atoms with Crippen molar-refractivity contribution in [2.24, 2.45) is 0 Å². The molecule has 0 radical (unpaired) electrons. The van der Waals surface area contributed by atoms with E-state index in [0.717, 1.165) is 13.1 Å². The number of nitrogens with zero attached hydrogens (tertiary/aromatic N) is 1. The van der Waals surface area contributed by atoms with Crippen molar-refractivity contribution in [2.75, 3.05) is 32.7 Å². The van der Waals surface area contributed by atoms with Gasteiger partial charge in [0.05, 0.1) is 0 Å². The van der Waals surface area contributed by atoms with Crippen LogP contribution >= 0.6 is 12.4 Å². The van der Waals surface area contributed by atoms with Gasteiger partial charge in [0.1, 0.15) is 0 Å². The highest BCUT2D eigenvalue weighted by Gasteiger charge is 2.21. The summed E-state index contributed by atoms with van der Waals surface area (Å²) in [6, 6.07) is 0. The Morgan fingerprint density at radius 2 is 1.92 bits per heavy atom. The minimum Gasteiger partial charge on any atom is -0.314 e. The summed E-state index contributed by atoms with van der Waals surface area (Å²) < 4.78 is 26.7. The molecule has 7 heteroatoms. The van der Waals surface area contributed by atoms with Gasteiger partial charge in [-0.2, -0.15) is 12.7 Å². The molecule has 80 valence electrons. The molecule has 1 rings (SSSR count). The molecule has 0 unspecified atom stereocenters. The second-order valence-corrected chi connectivity index (χ2v) is 4.41. The normalized spacial score (nSPS) is 19.5. The third-order valence-corrected chi connectivity index (χ3v) is 3.44. The number of rotatable bonds is 3. The predicted octanol–water partition coefficient (Wildman–Crippen LogP) is -0.832. The van der Waals surface area contributed by atoms with Crippen LogP contribution in [0.25, 0.3) is 0 Å². The quantitative estimate of drug-likeness (QED) is 0.664. The fraction of sp³-hybridized carbons (Fsp3) is 1.00. The minimum atomic E-state index is -3.19. The van der Waals surface area contributed by atoms with Gasteiger partial charge in [-0.15, -0.1) is 12.4 Å². The monoisotopic (exact) mass is 229 g/mol. The highest BCUT2D eigenvalue weighted by Crippen LogP contribution is 1.98. The highest BCUT2D eigenvalue weighted by atomic mass is 35.5. The van der Waals surface area contributed by atoms with E-state index in [4.69, 9.17) is 0 Å². The molecule has 0 bridgehead atoms. The summed E-state index contributed by atoms with van der Waals surface area (Å²) in [4.78, 5) is 0. The van der Waals surface area contributed by atoms with Crippen LogP contribution in [-0.2, 0) is 10.2 Å². The maximum absolute atomic E-state index is 11.4. The Labute approximate surface area is 85.5 Å².